The summed E-state index contributed by atoms with van der Waals surface area (Å²) in [5, 5.41) is 3.01. The Morgan fingerprint density at radius 2 is 0.918 bits per heavy atom. The number of phosphoric ester groups is 1. The predicted octanol–water partition coefficient (Wildman–Crippen LogP) is 17.4. The molecule has 10 heteroatoms. The summed E-state index contributed by atoms with van der Waals surface area (Å²) in [6.45, 7) is 6.65. The van der Waals surface area contributed by atoms with E-state index in [1.54, 1.807) is 0 Å². The first-order valence-corrected chi connectivity index (χ1v) is 31.0. The Labute approximate surface area is 449 Å². The summed E-state index contributed by atoms with van der Waals surface area (Å²) in [6, 6.07) is -0.908. The zero-order chi connectivity index (χ0) is 53.6. The molecule has 420 valence electrons. The number of likely N-dealkylation sites (N-methyl/N-ethyl adjacent to an activating group) is 1. The molecule has 0 heterocycles. The van der Waals surface area contributed by atoms with E-state index in [4.69, 9.17) is 13.8 Å². The fraction of sp³-hybridized carbons (Fsp3) is 0.714. The molecule has 0 aliphatic heterocycles. The van der Waals surface area contributed by atoms with Crippen molar-refractivity contribution in [2.75, 3.05) is 40.9 Å². The summed E-state index contributed by atoms with van der Waals surface area (Å²) < 4.78 is 30.2. The van der Waals surface area contributed by atoms with E-state index in [1.807, 2.05) is 33.3 Å². The van der Waals surface area contributed by atoms with E-state index in [-0.39, 0.29) is 31.3 Å². The van der Waals surface area contributed by atoms with Crippen molar-refractivity contribution in [3.8, 4) is 0 Å². The number of unbranched alkanes of at least 4 members (excludes halogenated alkanes) is 23. The number of nitrogens with zero attached hydrogens (tertiary/aromatic N) is 1. The van der Waals surface area contributed by atoms with Gasteiger partial charge in [-0.2, -0.15) is 0 Å². The SMILES string of the molecule is CC/C=C\C/C=C\C/C=C\C/C=C\C/C=C\CCCCCCCC(=O)NC(COP(=O)([O-])OCC[N+](C)(C)C)C(/C=C\CCCCCCCCCCC)OC(=O)CCCCCCCC/C=C/C=C/CCCCC. The number of nitrogens with one attached hydrogen (secondary N) is 1. The van der Waals surface area contributed by atoms with Gasteiger partial charge in [-0.1, -0.05) is 221 Å². The van der Waals surface area contributed by atoms with Crippen LogP contribution in [-0.2, 0) is 27.9 Å². The number of hydrogen-bond donors (Lipinski definition) is 1. The number of carbonyl (C=O) groups excluding carboxylic acids is 2. The van der Waals surface area contributed by atoms with Gasteiger partial charge in [-0.05, 0) is 102 Å². The standard InChI is InChI=1S/C63H111N2O7P/c1-7-10-13-16-19-22-25-27-29-30-31-32-33-34-36-37-40-43-46-49-52-55-62(66)64-60(59-71-73(68,69)70-58-57-65(4,5)6)61(54-51-48-45-42-39-24-21-18-15-12-9-3)72-63(67)56-53-50-47-44-41-38-35-28-26-23-20-17-14-11-8-2/h10,13,19-20,22-23,26-29,31-32,34,36,51,54,60-61H,7-9,11-12,14-18,21,24-25,30,33,35,37-50,52-53,55-59H2,1-6H3,(H-,64,66,68,69)/b13-10-,22-19-,23-20+,28-26+,29-27-,32-31-,36-34-,54-51-. The highest BCUT2D eigenvalue weighted by Gasteiger charge is 2.27. The maximum absolute atomic E-state index is 13.5. The van der Waals surface area contributed by atoms with E-state index < -0.39 is 26.6 Å². The molecule has 0 spiro atoms. The van der Waals surface area contributed by atoms with Crippen LogP contribution in [0.4, 0.5) is 0 Å². The van der Waals surface area contributed by atoms with E-state index in [0.29, 0.717) is 23.9 Å². The Hall–Kier alpha value is -3.07. The minimum Gasteiger partial charge on any atom is -0.756 e. The molecule has 0 bridgehead atoms. The largest absolute Gasteiger partial charge is 0.756 e. The fourth-order valence-corrected chi connectivity index (χ4v) is 8.67. The number of hydrogen-bond acceptors (Lipinski definition) is 7. The van der Waals surface area contributed by atoms with Gasteiger partial charge in [-0.3, -0.25) is 14.2 Å². The molecule has 0 saturated carbocycles. The molecule has 0 aromatic rings. The molecule has 0 aromatic carbocycles. The first-order chi connectivity index (χ1) is 35.4. The Bertz CT molecular complexity index is 1570. The van der Waals surface area contributed by atoms with Crippen molar-refractivity contribution in [1.82, 2.24) is 5.32 Å². The molecule has 73 heavy (non-hydrogen) atoms. The average molecular weight is 1040 g/mol. The lowest BCUT2D eigenvalue weighted by Gasteiger charge is -2.30. The smallest absolute Gasteiger partial charge is 0.306 e. The second-order valence-corrected chi connectivity index (χ2v) is 22.2. The molecule has 1 amide bonds. The molecule has 0 rings (SSSR count). The van der Waals surface area contributed by atoms with Crippen LogP contribution in [0.15, 0.2) is 97.2 Å². The first kappa shape index (κ1) is 69.9. The van der Waals surface area contributed by atoms with Crippen LogP contribution in [0.25, 0.3) is 0 Å². The van der Waals surface area contributed by atoms with Crippen molar-refractivity contribution in [2.45, 2.75) is 251 Å². The number of esters is 1. The lowest BCUT2D eigenvalue weighted by molar-refractivity contribution is -0.870. The lowest BCUT2D eigenvalue weighted by atomic mass is 10.1. The van der Waals surface area contributed by atoms with Crippen molar-refractivity contribution in [2.24, 2.45) is 0 Å². The van der Waals surface area contributed by atoms with E-state index in [1.165, 1.54) is 64.2 Å². The molecule has 0 radical (unpaired) electrons. The molecule has 3 unspecified atom stereocenters. The molecule has 3 atom stereocenters. The van der Waals surface area contributed by atoms with Crippen LogP contribution in [-0.4, -0.2) is 69.4 Å². The zero-order valence-corrected chi connectivity index (χ0v) is 48.7. The van der Waals surface area contributed by atoms with Gasteiger partial charge in [0, 0.05) is 12.8 Å². The van der Waals surface area contributed by atoms with Crippen molar-refractivity contribution < 1.29 is 37.3 Å². The van der Waals surface area contributed by atoms with Crippen LogP contribution in [0.1, 0.15) is 239 Å². The summed E-state index contributed by atoms with van der Waals surface area (Å²) >= 11 is 0. The monoisotopic (exact) mass is 1040 g/mol. The summed E-state index contributed by atoms with van der Waals surface area (Å²) in [6.07, 6.45) is 69.4. The van der Waals surface area contributed by atoms with Crippen LogP contribution < -0.4 is 10.2 Å². The van der Waals surface area contributed by atoms with Crippen molar-refractivity contribution in [3.05, 3.63) is 97.2 Å². The van der Waals surface area contributed by atoms with Gasteiger partial charge in [-0.25, -0.2) is 0 Å². The Morgan fingerprint density at radius 1 is 0.507 bits per heavy atom. The Balaban J connectivity index is 5.32. The normalized spacial score (nSPS) is 14.5. The summed E-state index contributed by atoms with van der Waals surface area (Å²) in [7, 11) is 1.15. The number of amides is 1. The van der Waals surface area contributed by atoms with Gasteiger partial charge in [0.05, 0.1) is 33.8 Å². The van der Waals surface area contributed by atoms with Crippen molar-refractivity contribution in [3.63, 3.8) is 0 Å². The maximum atomic E-state index is 13.5. The van der Waals surface area contributed by atoms with E-state index in [2.05, 4.69) is 111 Å². The highest BCUT2D eigenvalue weighted by Crippen LogP contribution is 2.38. The van der Waals surface area contributed by atoms with Crippen LogP contribution in [0.3, 0.4) is 0 Å². The van der Waals surface area contributed by atoms with Crippen LogP contribution in [0.5, 0.6) is 0 Å². The molecular weight excluding hydrogens is 928 g/mol. The van der Waals surface area contributed by atoms with Gasteiger partial charge in [-0.15, -0.1) is 0 Å². The number of allylic oxidation sites excluding steroid dienone is 15. The number of phosphoric acid groups is 1. The van der Waals surface area contributed by atoms with Gasteiger partial charge in [0.2, 0.25) is 5.91 Å². The minimum absolute atomic E-state index is 0.0332. The second-order valence-electron chi connectivity index (χ2n) is 20.8. The van der Waals surface area contributed by atoms with Crippen molar-refractivity contribution >= 4 is 19.7 Å². The van der Waals surface area contributed by atoms with E-state index >= 15 is 0 Å². The van der Waals surface area contributed by atoms with Crippen LogP contribution in [0, 0.1) is 0 Å². The van der Waals surface area contributed by atoms with E-state index in [0.717, 1.165) is 128 Å². The number of rotatable bonds is 52. The van der Waals surface area contributed by atoms with Gasteiger partial charge >= 0.3 is 5.97 Å². The molecular formula is C63H111N2O7P. The Morgan fingerprint density at radius 3 is 1.42 bits per heavy atom. The third-order valence-electron chi connectivity index (χ3n) is 12.5. The predicted molar refractivity (Wildman–Crippen MR) is 311 cm³/mol. The van der Waals surface area contributed by atoms with Gasteiger partial charge in [0.25, 0.3) is 7.82 Å². The molecule has 0 aliphatic rings. The molecule has 9 nitrogen and oxygen atoms in total. The second kappa shape index (κ2) is 52.4. The number of ether oxygens (including phenoxy) is 1. The first-order valence-electron chi connectivity index (χ1n) is 29.6. The summed E-state index contributed by atoms with van der Waals surface area (Å²) in [5.74, 6) is -0.583. The highest BCUT2D eigenvalue weighted by molar-refractivity contribution is 7.45. The topological polar surface area (TPSA) is 114 Å². The molecule has 0 aromatic heterocycles. The molecule has 0 saturated heterocycles. The summed E-state index contributed by atoms with van der Waals surface area (Å²) in [4.78, 5) is 39.9. The quantitative estimate of drug-likeness (QED) is 0.0161. The maximum Gasteiger partial charge on any atom is 0.306 e. The third kappa shape index (κ3) is 53.6. The molecule has 0 aliphatic carbocycles. The zero-order valence-electron chi connectivity index (χ0n) is 47.8. The number of quaternary nitrogens is 1. The van der Waals surface area contributed by atoms with Crippen LogP contribution in [0.2, 0.25) is 0 Å². The summed E-state index contributed by atoms with van der Waals surface area (Å²) in [5.41, 5.74) is 0. The highest BCUT2D eigenvalue weighted by atomic mass is 31.2. The molecule has 1 N–H and O–H groups in total. The van der Waals surface area contributed by atoms with Gasteiger partial charge < -0.3 is 28.5 Å². The van der Waals surface area contributed by atoms with Crippen molar-refractivity contribution in [1.29, 1.82) is 0 Å². The number of carbonyl (C=O) groups is 2. The average Bonchev–Trinajstić information content (AvgIpc) is 3.35. The minimum atomic E-state index is -4.71. The lowest BCUT2D eigenvalue weighted by Crippen LogP contribution is -2.47. The third-order valence-corrected chi connectivity index (χ3v) is 13.5. The van der Waals surface area contributed by atoms with Gasteiger partial charge in [0.1, 0.15) is 19.3 Å². The fourth-order valence-electron chi connectivity index (χ4n) is 7.95. The Kier molecular flexibility index (Phi) is 50.2. The van der Waals surface area contributed by atoms with Gasteiger partial charge in [0.15, 0.2) is 0 Å². The van der Waals surface area contributed by atoms with E-state index in [9.17, 15) is 19.0 Å². The van der Waals surface area contributed by atoms with Crippen LogP contribution >= 0.6 is 7.82 Å². The molecule has 0 fully saturated rings.